The van der Waals surface area contributed by atoms with Gasteiger partial charge in [-0.05, 0) is 18.9 Å². The fourth-order valence-electron chi connectivity index (χ4n) is 2.59. The highest BCUT2D eigenvalue weighted by atomic mass is 32.1. The number of hydrogen-bond donors (Lipinski definition) is 2. The number of rotatable bonds is 3. The van der Waals surface area contributed by atoms with Crippen LogP contribution in [-0.2, 0) is 0 Å². The first-order chi connectivity index (χ1) is 9.63. The molecule has 20 heavy (non-hydrogen) atoms. The number of nitrogens with two attached hydrogens (primary N) is 1. The van der Waals surface area contributed by atoms with Crippen LogP contribution in [0.15, 0.2) is 18.2 Å². The fraction of sp³-hybridized carbons (Fsp3) is 0.462. The van der Waals surface area contributed by atoms with E-state index in [4.69, 9.17) is 5.73 Å². The predicted molar refractivity (Wildman–Crippen MR) is 80.1 cm³/mol. The van der Waals surface area contributed by atoms with Gasteiger partial charge in [-0.1, -0.05) is 24.2 Å². The number of nitro benzene ring substituents is 1. The van der Waals surface area contributed by atoms with E-state index in [-0.39, 0.29) is 17.8 Å². The third-order valence-corrected chi connectivity index (χ3v) is 4.68. The largest absolute Gasteiger partial charge is 0.357 e. The molecule has 1 aliphatic carbocycles. The summed E-state index contributed by atoms with van der Waals surface area (Å²) in [4.78, 5) is 14.8. The maximum atomic E-state index is 10.8. The van der Waals surface area contributed by atoms with Gasteiger partial charge in [-0.15, -0.1) is 0 Å². The molecular formula is C13H16N4O2S. The van der Waals surface area contributed by atoms with Gasteiger partial charge in [0.25, 0.3) is 5.69 Å². The van der Waals surface area contributed by atoms with Gasteiger partial charge in [0.05, 0.1) is 15.1 Å². The Morgan fingerprint density at radius 1 is 1.40 bits per heavy atom. The van der Waals surface area contributed by atoms with Crippen molar-refractivity contribution in [2.75, 3.05) is 5.32 Å². The fourth-order valence-corrected chi connectivity index (χ4v) is 3.50. The maximum Gasteiger partial charge on any atom is 0.271 e. The first-order valence-electron chi connectivity index (χ1n) is 6.70. The van der Waals surface area contributed by atoms with Gasteiger partial charge in [0.1, 0.15) is 0 Å². The Balaban J connectivity index is 1.83. The van der Waals surface area contributed by atoms with Gasteiger partial charge in [-0.3, -0.25) is 10.1 Å². The summed E-state index contributed by atoms with van der Waals surface area (Å²) in [7, 11) is 0. The number of anilines is 1. The average Bonchev–Trinajstić information content (AvgIpc) is 2.82. The molecule has 106 valence electrons. The van der Waals surface area contributed by atoms with Crippen LogP contribution in [0.25, 0.3) is 10.2 Å². The van der Waals surface area contributed by atoms with Gasteiger partial charge in [-0.2, -0.15) is 0 Å². The van der Waals surface area contributed by atoms with Crippen molar-refractivity contribution in [3.05, 3.63) is 28.3 Å². The number of fused-ring (bicyclic) bond motifs is 1. The monoisotopic (exact) mass is 292 g/mol. The lowest BCUT2D eigenvalue weighted by atomic mass is 9.91. The minimum atomic E-state index is -0.400. The van der Waals surface area contributed by atoms with E-state index in [1.165, 1.54) is 36.3 Å². The Hall–Kier alpha value is -1.73. The molecule has 1 saturated carbocycles. The Kier molecular flexibility index (Phi) is 3.54. The molecule has 3 N–H and O–H groups in total. The van der Waals surface area contributed by atoms with Crippen molar-refractivity contribution >= 4 is 32.4 Å². The molecule has 6 nitrogen and oxygen atoms in total. The lowest BCUT2D eigenvalue weighted by Gasteiger charge is -2.28. The van der Waals surface area contributed by atoms with Crippen LogP contribution in [0, 0.1) is 10.1 Å². The Labute approximate surface area is 120 Å². The molecule has 7 heteroatoms. The van der Waals surface area contributed by atoms with E-state index in [1.807, 2.05) is 0 Å². The molecule has 0 unspecified atom stereocenters. The van der Waals surface area contributed by atoms with Gasteiger partial charge in [0, 0.05) is 24.2 Å². The number of nitrogens with one attached hydrogen (secondary N) is 1. The normalized spacial score (nSPS) is 22.9. The van der Waals surface area contributed by atoms with Crippen LogP contribution in [-0.4, -0.2) is 22.0 Å². The van der Waals surface area contributed by atoms with Crippen molar-refractivity contribution in [3.63, 3.8) is 0 Å². The van der Waals surface area contributed by atoms with E-state index in [9.17, 15) is 10.1 Å². The molecule has 2 atom stereocenters. The molecule has 0 amide bonds. The Bertz CT molecular complexity index is 642. The number of non-ortho nitro benzene ring substituents is 1. The van der Waals surface area contributed by atoms with Crippen LogP contribution in [0.3, 0.4) is 0 Å². The van der Waals surface area contributed by atoms with Crippen LogP contribution in [0.4, 0.5) is 10.8 Å². The number of nitro groups is 1. The summed E-state index contributed by atoms with van der Waals surface area (Å²) in [6, 6.07) is 5.18. The van der Waals surface area contributed by atoms with Crippen LogP contribution < -0.4 is 11.1 Å². The summed E-state index contributed by atoms with van der Waals surface area (Å²) in [5.74, 6) is 0. The zero-order valence-electron chi connectivity index (χ0n) is 10.9. The quantitative estimate of drug-likeness (QED) is 0.670. The van der Waals surface area contributed by atoms with Crippen LogP contribution in [0.2, 0.25) is 0 Å². The summed E-state index contributed by atoms with van der Waals surface area (Å²) < 4.78 is 0.947. The lowest BCUT2D eigenvalue weighted by Crippen LogP contribution is -2.42. The Morgan fingerprint density at radius 2 is 2.20 bits per heavy atom. The summed E-state index contributed by atoms with van der Waals surface area (Å²) in [6.07, 6.45) is 4.46. The second-order valence-electron chi connectivity index (χ2n) is 5.13. The van der Waals surface area contributed by atoms with Crippen molar-refractivity contribution in [2.24, 2.45) is 5.73 Å². The standard InChI is InChI=1S/C13H16N4O2S/c14-9-3-1-2-4-10(9)15-13-16-11-7-8(17(18)19)5-6-12(11)20-13/h5-7,9-10H,1-4,14H2,(H,15,16)/t9-,10-/m0/s1. The number of aromatic nitrogens is 1. The van der Waals surface area contributed by atoms with Gasteiger partial charge in [-0.25, -0.2) is 4.98 Å². The molecule has 1 aromatic heterocycles. The SMILES string of the molecule is N[C@H]1CCCC[C@@H]1Nc1nc2cc([N+](=O)[O-])ccc2s1. The highest BCUT2D eigenvalue weighted by molar-refractivity contribution is 7.22. The second-order valence-corrected chi connectivity index (χ2v) is 6.16. The van der Waals surface area contributed by atoms with Crippen LogP contribution in [0.5, 0.6) is 0 Å². The summed E-state index contributed by atoms with van der Waals surface area (Å²) in [6.45, 7) is 0. The van der Waals surface area contributed by atoms with Crippen LogP contribution >= 0.6 is 11.3 Å². The molecule has 1 heterocycles. The molecule has 0 saturated heterocycles. The molecule has 1 aliphatic rings. The van der Waals surface area contributed by atoms with Gasteiger partial charge < -0.3 is 11.1 Å². The number of thiazole rings is 1. The first-order valence-corrected chi connectivity index (χ1v) is 7.52. The average molecular weight is 292 g/mol. The zero-order valence-corrected chi connectivity index (χ0v) is 11.7. The molecule has 2 aromatic rings. The minimum Gasteiger partial charge on any atom is -0.357 e. The highest BCUT2D eigenvalue weighted by Crippen LogP contribution is 2.30. The molecular weight excluding hydrogens is 276 g/mol. The number of hydrogen-bond acceptors (Lipinski definition) is 6. The number of nitrogens with zero attached hydrogens (tertiary/aromatic N) is 2. The molecule has 1 fully saturated rings. The molecule has 0 radical (unpaired) electrons. The maximum absolute atomic E-state index is 10.8. The van der Waals surface area contributed by atoms with E-state index in [2.05, 4.69) is 10.3 Å². The highest BCUT2D eigenvalue weighted by Gasteiger charge is 2.22. The third-order valence-electron chi connectivity index (χ3n) is 3.71. The lowest BCUT2D eigenvalue weighted by molar-refractivity contribution is -0.384. The molecule has 0 aliphatic heterocycles. The van der Waals surface area contributed by atoms with Crippen LogP contribution in [0.1, 0.15) is 25.7 Å². The topological polar surface area (TPSA) is 94.1 Å². The van der Waals surface area contributed by atoms with Gasteiger partial charge in [0.15, 0.2) is 5.13 Å². The molecule has 0 spiro atoms. The van der Waals surface area contributed by atoms with E-state index in [0.717, 1.165) is 22.7 Å². The predicted octanol–water partition coefficient (Wildman–Crippen LogP) is 2.89. The summed E-state index contributed by atoms with van der Waals surface area (Å²) in [5, 5.41) is 14.9. The Morgan fingerprint density at radius 3 is 2.95 bits per heavy atom. The zero-order chi connectivity index (χ0) is 14.1. The van der Waals surface area contributed by atoms with E-state index < -0.39 is 4.92 Å². The second kappa shape index (κ2) is 5.34. The van der Waals surface area contributed by atoms with Crippen molar-refractivity contribution in [1.82, 2.24) is 4.98 Å². The molecule has 0 bridgehead atoms. The van der Waals surface area contributed by atoms with Gasteiger partial charge >= 0.3 is 0 Å². The van der Waals surface area contributed by atoms with Gasteiger partial charge in [0.2, 0.25) is 0 Å². The first kappa shape index (κ1) is 13.3. The third kappa shape index (κ3) is 2.59. The van der Waals surface area contributed by atoms with Crippen molar-refractivity contribution in [3.8, 4) is 0 Å². The number of benzene rings is 1. The summed E-state index contributed by atoms with van der Waals surface area (Å²) in [5.41, 5.74) is 6.85. The van der Waals surface area contributed by atoms with Crippen molar-refractivity contribution in [1.29, 1.82) is 0 Å². The minimum absolute atomic E-state index is 0.0729. The molecule has 1 aromatic carbocycles. The van der Waals surface area contributed by atoms with E-state index >= 15 is 0 Å². The van der Waals surface area contributed by atoms with Crippen molar-refractivity contribution < 1.29 is 4.92 Å². The van der Waals surface area contributed by atoms with E-state index in [0.29, 0.717) is 5.52 Å². The van der Waals surface area contributed by atoms with E-state index in [1.54, 1.807) is 6.07 Å². The van der Waals surface area contributed by atoms with Crippen molar-refractivity contribution in [2.45, 2.75) is 37.8 Å². The summed E-state index contributed by atoms with van der Waals surface area (Å²) >= 11 is 1.51. The smallest absolute Gasteiger partial charge is 0.271 e. The molecule has 3 rings (SSSR count).